The number of amides is 2. The minimum Gasteiger partial charge on any atom is -0.497 e. The fourth-order valence-electron chi connectivity index (χ4n) is 2.63. The highest BCUT2D eigenvalue weighted by Crippen LogP contribution is 2.26. The molecular formula is C19H19N3O3S. The molecule has 0 saturated heterocycles. The monoisotopic (exact) mass is 369 g/mol. The largest absolute Gasteiger partial charge is 0.497 e. The van der Waals surface area contributed by atoms with E-state index in [-0.39, 0.29) is 18.2 Å². The lowest BCUT2D eigenvalue weighted by molar-refractivity contribution is -0.118. The number of nitrogens with one attached hydrogen (secondary N) is 1. The van der Waals surface area contributed by atoms with E-state index < -0.39 is 5.91 Å². The number of thiazole rings is 1. The molecule has 6 nitrogen and oxygen atoms in total. The Morgan fingerprint density at radius 3 is 2.69 bits per heavy atom. The summed E-state index contributed by atoms with van der Waals surface area (Å²) in [5.74, 6) is -0.149. The molecule has 0 radical (unpaired) electrons. The summed E-state index contributed by atoms with van der Waals surface area (Å²) in [5, 5.41) is 7.07. The van der Waals surface area contributed by atoms with E-state index in [9.17, 15) is 9.59 Å². The molecule has 0 unspecified atom stereocenters. The molecule has 0 aliphatic rings. The molecule has 7 heteroatoms. The Morgan fingerprint density at radius 2 is 1.96 bits per heavy atom. The van der Waals surface area contributed by atoms with Crippen molar-refractivity contribution >= 4 is 39.1 Å². The lowest BCUT2D eigenvalue weighted by Gasteiger charge is -2.12. The Labute approximate surface area is 155 Å². The Kier molecular flexibility index (Phi) is 5.18. The van der Waals surface area contributed by atoms with Gasteiger partial charge in [0.2, 0.25) is 11.8 Å². The first-order chi connectivity index (χ1) is 12.5. The normalized spacial score (nSPS) is 11.9. The first-order valence-corrected chi connectivity index (χ1v) is 8.95. The highest BCUT2D eigenvalue weighted by atomic mass is 32.1. The zero-order valence-corrected chi connectivity index (χ0v) is 15.3. The van der Waals surface area contributed by atoms with E-state index in [0.29, 0.717) is 10.8 Å². The van der Waals surface area contributed by atoms with Gasteiger partial charge in [0.1, 0.15) is 5.75 Å². The first-order valence-electron chi connectivity index (χ1n) is 8.07. The summed E-state index contributed by atoms with van der Waals surface area (Å²) in [5.41, 5.74) is 6.62. The van der Waals surface area contributed by atoms with E-state index in [4.69, 9.17) is 10.5 Å². The highest BCUT2D eigenvalue weighted by molar-refractivity contribution is 7.13. The number of hydrogen-bond acceptors (Lipinski definition) is 5. The van der Waals surface area contributed by atoms with Crippen molar-refractivity contribution in [1.82, 2.24) is 4.98 Å². The fraction of sp³-hybridized carbons (Fsp3) is 0.211. The second kappa shape index (κ2) is 7.53. The summed E-state index contributed by atoms with van der Waals surface area (Å²) in [6, 6.07) is 11.7. The molecule has 2 amide bonds. The van der Waals surface area contributed by atoms with Gasteiger partial charge in [-0.25, -0.2) is 4.98 Å². The van der Waals surface area contributed by atoms with Crippen LogP contribution < -0.4 is 15.8 Å². The van der Waals surface area contributed by atoms with Crippen LogP contribution in [0.4, 0.5) is 5.13 Å². The van der Waals surface area contributed by atoms with Gasteiger partial charge in [0.05, 0.1) is 25.1 Å². The maximum absolute atomic E-state index is 12.5. The number of methoxy groups -OCH3 is 1. The van der Waals surface area contributed by atoms with Crippen LogP contribution >= 0.6 is 11.3 Å². The topological polar surface area (TPSA) is 94.3 Å². The number of aromatic nitrogens is 1. The van der Waals surface area contributed by atoms with E-state index in [2.05, 4.69) is 10.3 Å². The second-order valence-electron chi connectivity index (χ2n) is 5.97. The summed E-state index contributed by atoms with van der Waals surface area (Å²) in [7, 11) is 1.63. The summed E-state index contributed by atoms with van der Waals surface area (Å²) in [4.78, 5) is 27.7. The number of anilines is 1. The maximum atomic E-state index is 12.5. The zero-order chi connectivity index (χ0) is 18.7. The van der Waals surface area contributed by atoms with E-state index in [1.165, 1.54) is 11.3 Å². The molecule has 134 valence electrons. The zero-order valence-electron chi connectivity index (χ0n) is 14.5. The van der Waals surface area contributed by atoms with Crippen LogP contribution in [-0.2, 0) is 16.0 Å². The van der Waals surface area contributed by atoms with Crippen molar-refractivity contribution in [2.75, 3.05) is 12.4 Å². The predicted octanol–water partition coefficient (Wildman–Crippen LogP) is 3.07. The van der Waals surface area contributed by atoms with Gasteiger partial charge in [-0.3, -0.25) is 9.59 Å². The molecule has 3 aromatic rings. The first kappa shape index (κ1) is 17.9. The van der Waals surface area contributed by atoms with E-state index in [1.54, 1.807) is 12.5 Å². The van der Waals surface area contributed by atoms with Crippen molar-refractivity contribution in [2.24, 2.45) is 5.73 Å². The minimum absolute atomic E-state index is 0.0655. The second-order valence-corrected chi connectivity index (χ2v) is 6.83. The molecule has 1 heterocycles. The third-order valence-corrected chi connectivity index (χ3v) is 4.91. The Hall–Kier alpha value is -2.93. The smallest absolute Gasteiger partial charge is 0.233 e. The highest BCUT2D eigenvalue weighted by Gasteiger charge is 2.17. The Balaban J connectivity index is 1.74. The van der Waals surface area contributed by atoms with Crippen LogP contribution in [0.3, 0.4) is 0 Å². The molecular weight excluding hydrogens is 350 g/mol. The number of benzene rings is 2. The SMILES string of the molecule is COc1ccc2cc([C@@H](C)C(=O)Nc3nc(CC(N)=O)cs3)ccc2c1. The molecule has 2 aromatic carbocycles. The predicted molar refractivity (Wildman–Crippen MR) is 103 cm³/mol. The third-order valence-electron chi connectivity index (χ3n) is 4.10. The van der Waals surface area contributed by atoms with Crippen LogP contribution in [0.25, 0.3) is 10.8 Å². The summed E-state index contributed by atoms with van der Waals surface area (Å²) in [6.45, 7) is 1.85. The van der Waals surface area contributed by atoms with Crippen molar-refractivity contribution in [3.63, 3.8) is 0 Å². The van der Waals surface area contributed by atoms with Gasteiger partial charge in [-0.2, -0.15) is 0 Å². The molecule has 1 aromatic heterocycles. The number of ether oxygens (including phenoxy) is 1. The number of nitrogens with two attached hydrogens (primary N) is 1. The summed E-state index contributed by atoms with van der Waals surface area (Å²) < 4.78 is 5.23. The van der Waals surface area contributed by atoms with Crippen LogP contribution in [0.5, 0.6) is 5.75 Å². The van der Waals surface area contributed by atoms with Gasteiger partial charge >= 0.3 is 0 Å². The number of carbonyl (C=O) groups excluding carboxylic acids is 2. The quantitative estimate of drug-likeness (QED) is 0.698. The average molecular weight is 369 g/mol. The molecule has 0 saturated carbocycles. The molecule has 3 N–H and O–H groups in total. The van der Waals surface area contributed by atoms with Gasteiger partial charge in [-0.15, -0.1) is 11.3 Å². The standard InChI is InChI=1S/C19H19N3O3S/c1-11(18(24)22-19-21-15(10-26-19)9-17(20)23)12-3-4-14-8-16(25-2)6-5-13(14)7-12/h3-8,10-11H,9H2,1-2H3,(H2,20,23)(H,21,22,24)/t11-/m1/s1. The number of rotatable bonds is 6. The van der Waals surface area contributed by atoms with Crippen LogP contribution in [0, 0.1) is 0 Å². The van der Waals surface area contributed by atoms with Crippen LogP contribution in [0.1, 0.15) is 24.1 Å². The van der Waals surface area contributed by atoms with Gasteiger partial charge < -0.3 is 15.8 Å². The van der Waals surface area contributed by atoms with Crippen LogP contribution in [-0.4, -0.2) is 23.9 Å². The third kappa shape index (κ3) is 4.00. The number of hydrogen-bond donors (Lipinski definition) is 2. The van der Waals surface area contributed by atoms with Crippen molar-refractivity contribution in [3.8, 4) is 5.75 Å². The van der Waals surface area contributed by atoms with Gasteiger partial charge in [-0.1, -0.05) is 24.3 Å². The molecule has 1 atom stereocenters. The average Bonchev–Trinajstić information content (AvgIpc) is 3.06. The summed E-state index contributed by atoms with van der Waals surface area (Å²) >= 11 is 1.27. The fourth-order valence-corrected chi connectivity index (χ4v) is 3.34. The molecule has 0 bridgehead atoms. The molecule has 3 rings (SSSR count). The molecule has 0 fully saturated rings. The number of fused-ring (bicyclic) bond motifs is 1. The molecule has 0 aliphatic heterocycles. The van der Waals surface area contributed by atoms with Gasteiger partial charge in [-0.05, 0) is 35.4 Å². The lowest BCUT2D eigenvalue weighted by Crippen LogP contribution is -2.19. The Bertz CT molecular complexity index is 968. The minimum atomic E-state index is -0.450. The van der Waals surface area contributed by atoms with Crippen molar-refractivity contribution in [1.29, 1.82) is 0 Å². The molecule has 0 spiro atoms. The van der Waals surface area contributed by atoms with E-state index in [1.807, 2.05) is 43.3 Å². The lowest BCUT2D eigenvalue weighted by atomic mass is 9.97. The van der Waals surface area contributed by atoms with E-state index >= 15 is 0 Å². The van der Waals surface area contributed by atoms with Crippen molar-refractivity contribution < 1.29 is 14.3 Å². The molecule has 26 heavy (non-hydrogen) atoms. The van der Waals surface area contributed by atoms with Crippen LogP contribution in [0.15, 0.2) is 41.8 Å². The maximum Gasteiger partial charge on any atom is 0.233 e. The van der Waals surface area contributed by atoms with Crippen molar-refractivity contribution in [2.45, 2.75) is 19.3 Å². The van der Waals surface area contributed by atoms with E-state index in [0.717, 1.165) is 22.1 Å². The van der Waals surface area contributed by atoms with Crippen LogP contribution in [0.2, 0.25) is 0 Å². The van der Waals surface area contributed by atoms with Crippen molar-refractivity contribution in [3.05, 3.63) is 53.0 Å². The summed E-state index contributed by atoms with van der Waals surface area (Å²) in [6.07, 6.45) is 0.0655. The Morgan fingerprint density at radius 1 is 1.23 bits per heavy atom. The number of nitrogens with zero attached hydrogens (tertiary/aromatic N) is 1. The van der Waals surface area contributed by atoms with Gasteiger partial charge in [0, 0.05) is 5.38 Å². The van der Waals surface area contributed by atoms with Gasteiger partial charge in [0.15, 0.2) is 5.13 Å². The number of primary amides is 1. The molecule has 0 aliphatic carbocycles. The number of carbonyl (C=O) groups is 2. The van der Waals surface area contributed by atoms with Gasteiger partial charge in [0.25, 0.3) is 0 Å².